The molecule has 3 nitrogen and oxygen atoms in total. The smallest absolute Gasteiger partial charge is 0.0628 e. The number of hydrogen-bond donors (Lipinski definition) is 1. The van der Waals surface area contributed by atoms with Gasteiger partial charge in [0.25, 0.3) is 0 Å². The highest BCUT2D eigenvalue weighted by atomic mass is 15.3. The van der Waals surface area contributed by atoms with Crippen LogP contribution in [-0.4, -0.2) is 22.4 Å². The van der Waals surface area contributed by atoms with E-state index in [0.29, 0.717) is 11.5 Å². The molecule has 0 aliphatic carbocycles. The van der Waals surface area contributed by atoms with Crippen molar-refractivity contribution in [2.75, 3.05) is 6.54 Å². The van der Waals surface area contributed by atoms with Gasteiger partial charge in [-0.05, 0) is 63.5 Å². The Kier molecular flexibility index (Phi) is 6.92. The zero-order valence-corrected chi connectivity index (χ0v) is 15.2. The Morgan fingerprint density at radius 3 is 2.33 bits per heavy atom. The van der Waals surface area contributed by atoms with Crippen molar-refractivity contribution in [3.8, 4) is 0 Å². The molecule has 1 heterocycles. The van der Waals surface area contributed by atoms with Crippen LogP contribution >= 0.6 is 0 Å². The fourth-order valence-corrected chi connectivity index (χ4v) is 2.80. The molecule has 0 radical (unpaired) electrons. The Morgan fingerprint density at radius 1 is 1.19 bits per heavy atom. The zero-order valence-electron chi connectivity index (χ0n) is 15.2. The van der Waals surface area contributed by atoms with Crippen molar-refractivity contribution in [2.24, 2.45) is 12.5 Å². The van der Waals surface area contributed by atoms with E-state index in [1.54, 1.807) is 0 Å². The minimum absolute atomic E-state index is 0.423. The van der Waals surface area contributed by atoms with Crippen molar-refractivity contribution in [3.63, 3.8) is 0 Å². The van der Waals surface area contributed by atoms with E-state index in [1.165, 1.54) is 42.6 Å². The lowest BCUT2D eigenvalue weighted by atomic mass is 9.87. The molecule has 1 aromatic rings. The van der Waals surface area contributed by atoms with Crippen LogP contribution in [0.3, 0.4) is 0 Å². The van der Waals surface area contributed by atoms with Crippen LogP contribution in [0.15, 0.2) is 0 Å². The fraction of sp³-hybridized carbons (Fsp3) is 0.833. The van der Waals surface area contributed by atoms with E-state index in [0.717, 1.165) is 13.0 Å². The first kappa shape index (κ1) is 18.2. The third kappa shape index (κ3) is 6.21. The standard InChI is InChI=1S/C18H35N3/c1-8-13-19-16(11-12-18(4,5)6)9-10-17-14(2)20-21(7)15(17)3/h16,19H,8-13H2,1-7H3. The molecular weight excluding hydrogens is 258 g/mol. The first-order valence-electron chi connectivity index (χ1n) is 8.47. The average Bonchev–Trinajstić information content (AvgIpc) is 2.62. The van der Waals surface area contributed by atoms with E-state index in [1.807, 2.05) is 11.7 Å². The molecule has 0 aliphatic rings. The van der Waals surface area contributed by atoms with Gasteiger partial charge in [0, 0.05) is 18.8 Å². The fourth-order valence-electron chi connectivity index (χ4n) is 2.80. The monoisotopic (exact) mass is 293 g/mol. The molecule has 21 heavy (non-hydrogen) atoms. The molecular formula is C18H35N3. The van der Waals surface area contributed by atoms with E-state index in [-0.39, 0.29) is 0 Å². The summed E-state index contributed by atoms with van der Waals surface area (Å²) in [5, 5.41) is 8.26. The summed E-state index contributed by atoms with van der Waals surface area (Å²) in [5.41, 5.74) is 4.38. The Morgan fingerprint density at radius 2 is 1.86 bits per heavy atom. The van der Waals surface area contributed by atoms with Crippen LogP contribution < -0.4 is 5.32 Å². The summed E-state index contributed by atoms with van der Waals surface area (Å²) < 4.78 is 2.01. The lowest BCUT2D eigenvalue weighted by Crippen LogP contribution is -2.31. The summed E-state index contributed by atoms with van der Waals surface area (Å²) in [6.45, 7) is 14.7. The van der Waals surface area contributed by atoms with Gasteiger partial charge >= 0.3 is 0 Å². The number of aryl methyl sites for hydroxylation is 2. The van der Waals surface area contributed by atoms with Crippen molar-refractivity contribution in [3.05, 3.63) is 17.0 Å². The first-order chi connectivity index (χ1) is 9.74. The van der Waals surface area contributed by atoms with E-state index in [9.17, 15) is 0 Å². The molecule has 0 saturated heterocycles. The number of aromatic nitrogens is 2. The quantitative estimate of drug-likeness (QED) is 0.780. The molecule has 1 rings (SSSR count). The van der Waals surface area contributed by atoms with E-state index in [4.69, 9.17) is 0 Å². The molecule has 122 valence electrons. The predicted molar refractivity (Wildman–Crippen MR) is 91.8 cm³/mol. The molecule has 0 aromatic carbocycles. The van der Waals surface area contributed by atoms with Crippen LogP contribution in [0.2, 0.25) is 0 Å². The van der Waals surface area contributed by atoms with E-state index >= 15 is 0 Å². The maximum Gasteiger partial charge on any atom is 0.0628 e. The highest BCUT2D eigenvalue weighted by molar-refractivity contribution is 5.24. The maximum absolute atomic E-state index is 4.53. The van der Waals surface area contributed by atoms with Crippen molar-refractivity contribution >= 4 is 0 Å². The normalized spacial score (nSPS) is 13.7. The molecule has 0 fully saturated rings. The molecule has 0 bridgehead atoms. The molecule has 3 heteroatoms. The summed E-state index contributed by atoms with van der Waals surface area (Å²) in [4.78, 5) is 0. The first-order valence-corrected chi connectivity index (χ1v) is 8.47. The van der Waals surface area contributed by atoms with Gasteiger partial charge in [0.05, 0.1) is 5.69 Å². The number of hydrogen-bond acceptors (Lipinski definition) is 2. The van der Waals surface area contributed by atoms with Crippen molar-refractivity contribution in [1.29, 1.82) is 0 Å². The van der Waals surface area contributed by atoms with Gasteiger partial charge in [-0.15, -0.1) is 0 Å². The van der Waals surface area contributed by atoms with Gasteiger partial charge in [-0.25, -0.2) is 0 Å². The van der Waals surface area contributed by atoms with Crippen LogP contribution in [0.5, 0.6) is 0 Å². The third-order valence-corrected chi connectivity index (χ3v) is 4.33. The molecule has 0 spiro atoms. The zero-order chi connectivity index (χ0) is 16.0. The summed E-state index contributed by atoms with van der Waals surface area (Å²) in [6.07, 6.45) is 6.10. The molecule has 0 amide bonds. The summed E-state index contributed by atoms with van der Waals surface area (Å²) in [7, 11) is 2.04. The van der Waals surface area contributed by atoms with E-state index in [2.05, 4.69) is 52.0 Å². The van der Waals surface area contributed by atoms with Gasteiger partial charge in [0.15, 0.2) is 0 Å². The van der Waals surface area contributed by atoms with Gasteiger partial charge in [-0.3, -0.25) is 4.68 Å². The minimum atomic E-state index is 0.423. The molecule has 1 unspecified atom stereocenters. The largest absolute Gasteiger partial charge is 0.314 e. The van der Waals surface area contributed by atoms with Crippen molar-refractivity contribution < 1.29 is 0 Å². The van der Waals surface area contributed by atoms with Crippen molar-refractivity contribution in [2.45, 2.75) is 79.7 Å². The topological polar surface area (TPSA) is 29.9 Å². The molecule has 1 aromatic heterocycles. The summed E-state index contributed by atoms with van der Waals surface area (Å²) >= 11 is 0. The second-order valence-electron chi connectivity index (χ2n) is 7.56. The minimum Gasteiger partial charge on any atom is -0.314 e. The number of nitrogens with zero attached hydrogens (tertiary/aromatic N) is 2. The lowest BCUT2D eigenvalue weighted by Gasteiger charge is -2.24. The Bertz CT molecular complexity index is 426. The van der Waals surface area contributed by atoms with Gasteiger partial charge in [0.1, 0.15) is 0 Å². The lowest BCUT2D eigenvalue weighted by molar-refractivity contribution is 0.322. The molecule has 1 N–H and O–H groups in total. The second-order valence-corrected chi connectivity index (χ2v) is 7.56. The third-order valence-electron chi connectivity index (χ3n) is 4.33. The van der Waals surface area contributed by atoms with Gasteiger partial charge in [0.2, 0.25) is 0 Å². The van der Waals surface area contributed by atoms with Crippen LogP contribution in [-0.2, 0) is 13.5 Å². The molecule has 0 saturated carbocycles. The maximum atomic E-state index is 4.53. The highest BCUT2D eigenvalue weighted by Gasteiger charge is 2.17. The van der Waals surface area contributed by atoms with Crippen molar-refractivity contribution in [1.82, 2.24) is 15.1 Å². The SMILES string of the molecule is CCCNC(CCc1c(C)nn(C)c1C)CCC(C)(C)C. The van der Waals surface area contributed by atoms with Gasteiger partial charge < -0.3 is 5.32 Å². The molecule has 1 atom stereocenters. The summed E-state index contributed by atoms with van der Waals surface area (Å²) in [5.74, 6) is 0. The van der Waals surface area contributed by atoms with Gasteiger partial charge in [-0.2, -0.15) is 5.10 Å². The molecule has 0 aliphatic heterocycles. The number of rotatable bonds is 8. The van der Waals surface area contributed by atoms with Crippen LogP contribution in [0.4, 0.5) is 0 Å². The number of nitrogens with one attached hydrogen (secondary N) is 1. The summed E-state index contributed by atoms with van der Waals surface area (Å²) in [6, 6.07) is 0.628. The second kappa shape index (κ2) is 7.98. The Hall–Kier alpha value is -0.830. The van der Waals surface area contributed by atoms with E-state index < -0.39 is 0 Å². The predicted octanol–water partition coefficient (Wildman–Crippen LogP) is 4.16. The van der Waals surface area contributed by atoms with Crippen LogP contribution in [0, 0.1) is 19.3 Å². The Balaban J connectivity index is 2.59. The van der Waals surface area contributed by atoms with Crippen LogP contribution in [0.1, 0.15) is 70.3 Å². The average molecular weight is 293 g/mol. The Labute approximate surface area is 131 Å². The highest BCUT2D eigenvalue weighted by Crippen LogP contribution is 2.23. The van der Waals surface area contributed by atoms with Gasteiger partial charge in [-0.1, -0.05) is 27.7 Å². The van der Waals surface area contributed by atoms with Crippen LogP contribution in [0.25, 0.3) is 0 Å².